The van der Waals surface area contributed by atoms with Gasteiger partial charge in [0.05, 0.1) is 24.0 Å². The van der Waals surface area contributed by atoms with E-state index in [1.165, 1.54) is 18.3 Å². The molecule has 7 heteroatoms. The summed E-state index contributed by atoms with van der Waals surface area (Å²) < 4.78 is 14.7. The summed E-state index contributed by atoms with van der Waals surface area (Å²) in [5.41, 5.74) is 2.36. The molecule has 0 radical (unpaired) electrons. The van der Waals surface area contributed by atoms with Gasteiger partial charge in [-0.05, 0) is 48.0 Å². The number of amides is 1. The van der Waals surface area contributed by atoms with E-state index in [9.17, 15) is 14.0 Å². The molecule has 3 aromatic carbocycles. The molecular weight excluding hydrogens is 417 g/mol. The van der Waals surface area contributed by atoms with E-state index in [0.29, 0.717) is 28.4 Å². The lowest BCUT2D eigenvalue weighted by molar-refractivity contribution is 0.0996. The van der Waals surface area contributed by atoms with Crippen molar-refractivity contribution in [3.05, 3.63) is 118 Å². The Hall–Kier alpha value is -3.77. The zero-order valence-corrected chi connectivity index (χ0v) is 17.0. The van der Waals surface area contributed by atoms with Gasteiger partial charge in [0.15, 0.2) is 5.78 Å². The molecule has 0 bridgehead atoms. The molecule has 0 spiro atoms. The molecule has 1 heterocycles. The molecule has 0 atom stereocenters. The Balaban J connectivity index is 1.50. The number of carbonyl (C=O) groups excluding carboxylic acids is 2. The highest BCUT2D eigenvalue weighted by Gasteiger charge is 2.18. The standard InChI is InChI=1S/C24H17ClFN3O2/c25-18-9-7-17(8-10-18)23(30)21-3-1-2-4-22(21)24(31)28-20-13-27-29(15-20)14-16-5-11-19(26)12-6-16/h1-13,15H,14H2,(H,28,31). The highest BCUT2D eigenvalue weighted by molar-refractivity contribution is 6.30. The van der Waals surface area contributed by atoms with E-state index in [1.807, 2.05) is 0 Å². The third-order valence-corrected chi connectivity index (χ3v) is 4.92. The molecular formula is C24H17ClFN3O2. The number of ketones is 1. The minimum atomic E-state index is -0.417. The zero-order valence-electron chi connectivity index (χ0n) is 16.3. The third kappa shape index (κ3) is 4.87. The van der Waals surface area contributed by atoms with E-state index in [0.717, 1.165) is 5.56 Å². The monoisotopic (exact) mass is 433 g/mol. The number of nitrogens with one attached hydrogen (secondary N) is 1. The van der Waals surface area contributed by atoms with Crippen LogP contribution < -0.4 is 5.32 Å². The molecule has 5 nitrogen and oxygen atoms in total. The van der Waals surface area contributed by atoms with Crippen molar-refractivity contribution in [2.75, 3.05) is 5.32 Å². The number of carbonyl (C=O) groups is 2. The van der Waals surface area contributed by atoms with Crippen molar-refractivity contribution < 1.29 is 14.0 Å². The molecule has 1 N–H and O–H groups in total. The molecule has 0 aliphatic rings. The van der Waals surface area contributed by atoms with Gasteiger partial charge in [-0.25, -0.2) is 4.39 Å². The van der Waals surface area contributed by atoms with Crippen LogP contribution in [0, 0.1) is 5.82 Å². The van der Waals surface area contributed by atoms with Crippen molar-refractivity contribution in [1.82, 2.24) is 9.78 Å². The van der Waals surface area contributed by atoms with Crippen LogP contribution in [0.5, 0.6) is 0 Å². The summed E-state index contributed by atoms with van der Waals surface area (Å²) in [6.45, 7) is 0.432. The molecule has 0 unspecified atom stereocenters. The van der Waals surface area contributed by atoms with Crippen LogP contribution in [0.2, 0.25) is 5.02 Å². The first-order valence-corrected chi connectivity index (χ1v) is 9.85. The Labute approximate surface area is 183 Å². The van der Waals surface area contributed by atoms with Crippen LogP contribution in [0.4, 0.5) is 10.1 Å². The largest absolute Gasteiger partial charge is 0.319 e. The van der Waals surface area contributed by atoms with Gasteiger partial charge in [0, 0.05) is 22.3 Å². The zero-order chi connectivity index (χ0) is 21.8. The molecule has 31 heavy (non-hydrogen) atoms. The van der Waals surface area contributed by atoms with Gasteiger partial charge in [-0.2, -0.15) is 5.10 Å². The highest BCUT2D eigenvalue weighted by Crippen LogP contribution is 2.19. The van der Waals surface area contributed by atoms with Crippen LogP contribution in [-0.4, -0.2) is 21.5 Å². The van der Waals surface area contributed by atoms with E-state index in [2.05, 4.69) is 10.4 Å². The van der Waals surface area contributed by atoms with Crippen molar-refractivity contribution in [2.24, 2.45) is 0 Å². The molecule has 1 aromatic heterocycles. The van der Waals surface area contributed by atoms with E-state index in [1.54, 1.807) is 71.5 Å². The Kier molecular flexibility index (Phi) is 5.91. The number of hydrogen-bond acceptors (Lipinski definition) is 3. The SMILES string of the molecule is O=C(Nc1cnn(Cc2ccc(F)cc2)c1)c1ccccc1C(=O)c1ccc(Cl)cc1. The maximum atomic E-state index is 13.0. The van der Waals surface area contributed by atoms with Crippen molar-refractivity contribution in [1.29, 1.82) is 0 Å². The fraction of sp³-hybridized carbons (Fsp3) is 0.0417. The second-order valence-corrected chi connectivity index (χ2v) is 7.33. The predicted octanol–water partition coefficient (Wildman–Crippen LogP) is 5.21. The number of hydrogen-bond donors (Lipinski definition) is 1. The van der Waals surface area contributed by atoms with E-state index in [-0.39, 0.29) is 17.2 Å². The maximum Gasteiger partial charge on any atom is 0.256 e. The highest BCUT2D eigenvalue weighted by atomic mass is 35.5. The second kappa shape index (κ2) is 8.93. The number of benzene rings is 3. The average molecular weight is 434 g/mol. The smallest absolute Gasteiger partial charge is 0.256 e. The predicted molar refractivity (Wildman–Crippen MR) is 117 cm³/mol. The summed E-state index contributed by atoms with van der Waals surface area (Å²) in [7, 11) is 0. The first-order chi connectivity index (χ1) is 15.0. The van der Waals surface area contributed by atoms with Gasteiger partial charge in [0.1, 0.15) is 5.82 Å². The second-order valence-electron chi connectivity index (χ2n) is 6.89. The van der Waals surface area contributed by atoms with Crippen LogP contribution in [-0.2, 0) is 6.54 Å². The number of anilines is 1. The van der Waals surface area contributed by atoms with E-state index < -0.39 is 5.91 Å². The molecule has 4 rings (SSSR count). The summed E-state index contributed by atoms with van der Waals surface area (Å²) >= 11 is 5.89. The van der Waals surface area contributed by atoms with Crippen LogP contribution in [0.15, 0.2) is 85.2 Å². The molecule has 0 aliphatic heterocycles. The Bertz CT molecular complexity index is 1230. The van der Waals surface area contributed by atoms with Gasteiger partial charge < -0.3 is 5.32 Å². The van der Waals surface area contributed by atoms with Crippen LogP contribution >= 0.6 is 11.6 Å². The van der Waals surface area contributed by atoms with Gasteiger partial charge >= 0.3 is 0 Å². The van der Waals surface area contributed by atoms with Crippen molar-refractivity contribution >= 4 is 29.0 Å². The van der Waals surface area contributed by atoms with Crippen LogP contribution in [0.1, 0.15) is 31.8 Å². The fourth-order valence-electron chi connectivity index (χ4n) is 3.13. The summed E-state index contributed by atoms with van der Waals surface area (Å²) in [6.07, 6.45) is 3.19. The first kappa shape index (κ1) is 20.5. The lowest BCUT2D eigenvalue weighted by Gasteiger charge is -2.09. The summed E-state index contributed by atoms with van der Waals surface area (Å²) in [6, 6.07) is 19.3. The molecule has 4 aromatic rings. The number of halogens is 2. The summed E-state index contributed by atoms with van der Waals surface area (Å²) in [5, 5.41) is 7.52. The van der Waals surface area contributed by atoms with Crippen molar-refractivity contribution in [2.45, 2.75) is 6.54 Å². The van der Waals surface area contributed by atoms with E-state index in [4.69, 9.17) is 11.6 Å². The number of nitrogens with zero attached hydrogens (tertiary/aromatic N) is 2. The minimum absolute atomic E-state index is 0.258. The molecule has 0 fully saturated rings. The lowest BCUT2D eigenvalue weighted by atomic mass is 9.98. The molecule has 0 saturated carbocycles. The molecule has 0 saturated heterocycles. The average Bonchev–Trinajstić information content (AvgIpc) is 3.22. The molecule has 1 amide bonds. The topological polar surface area (TPSA) is 64.0 Å². The fourth-order valence-corrected chi connectivity index (χ4v) is 3.25. The first-order valence-electron chi connectivity index (χ1n) is 9.47. The Morgan fingerprint density at radius 3 is 2.32 bits per heavy atom. The minimum Gasteiger partial charge on any atom is -0.319 e. The van der Waals surface area contributed by atoms with E-state index >= 15 is 0 Å². The Morgan fingerprint density at radius 2 is 1.61 bits per heavy atom. The van der Waals surface area contributed by atoms with Gasteiger partial charge in [0.25, 0.3) is 5.91 Å². The normalized spacial score (nSPS) is 10.6. The quantitative estimate of drug-likeness (QED) is 0.425. The van der Waals surface area contributed by atoms with Crippen molar-refractivity contribution in [3.8, 4) is 0 Å². The number of aromatic nitrogens is 2. The molecule has 0 aliphatic carbocycles. The van der Waals surface area contributed by atoms with Crippen molar-refractivity contribution in [3.63, 3.8) is 0 Å². The lowest BCUT2D eigenvalue weighted by Crippen LogP contribution is -2.16. The summed E-state index contributed by atoms with van der Waals surface area (Å²) in [4.78, 5) is 25.8. The van der Waals surface area contributed by atoms with Gasteiger partial charge in [-0.15, -0.1) is 0 Å². The third-order valence-electron chi connectivity index (χ3n) is 4.67. The van der Waals surface area contributed by atoms with Crippen LogP contribution in [0.3, 0.4) is 0 Å². The number of rotatable bonds is 6. The Morgan fingerprint density at radius 1 is 0.935 bits per heavy atom. The maximum absolute atomic E-state index is 13.0. The van der Waals surface area contributed by atoms with Gasteiger partial charge in [-0.1, -0.05) is 41.9 Å². The van der Waals surface area contributed by atoms with Gasteiger partial charge in [0.2, 0.25) is 0 Å². The summed E-state index contributed by atoms with van der Waals surface area (Å²) in [5.74, 6) is -0.988. The van der Waals surface area contributed by atoms with Gasteiger partial charge in [-0.3, -0.25) is 14.3 Å². The molecule has 154 valence electrons. The van der Waals surface area contributed by atoms with Crippen LogP contribution in [0.25, 0.3) is 0 Å².